The van der Waals surface area contributed by atoms with Crippen LogP contribution in [-0.2, 0) is 0 Å². The highest BCUT2D eigenvalue weighted by molar-refractivity contribution is 5.71. The molecular formula is C17H16N6O3. The van der Waals surface area contributed by atoms with Gasteiger partial charge in [-0.05, 0) is 38.1 Å². The minimum Gasteiger partial charge on any atom is -0.459 e. The van der Waals surface area contributed by atoms with Gasteiger partial charge in [0, 0.05) is 12.0 Å². The number of hydrogen-bond acceptors (Lipinski definition) is 7. The van der Waals surface area contributed by atoms with E-state index in [1.165, 1.54) is 6.26 Å². The molecule has 0 radical (unpaired) electrons. The number of aromatic amines is 1. The van der Waals surface area contributed by atoms with Gasteiger partial charge in [0.1, 0.15) is 11.2 Å². The maximum absolute atomic E-state index is 12.2. The first kappa shape index (κ1) is 15.1. The highest BCUT2D eigenvalue weighted by Crippen LogP contribution is 2.29. The molecule has 5 rings (SSSR count). The van der Waals surface area contributed by atoms with E-state index in [1.807, 2.05) is 0 Å². The van der Waals surface area contributed by atoms with Crippen molar-refractivity contribution in [3.05, 3.63) is 46.7 Å². The van der Waals surface area contributed by atoms with E-state index in [9.17, 15) is 4.79 Å². The number of piperidine rings is 1. The normalized spacial score (nSPS) is 15.7. The molecule has 1 aliphatic rings. The highest BCUT2D eigenvalue weighted by atomic mass is 16.4. The third-order valence-electron chi connectivity index (χ3n) is 4.68. The SMILES string of the molecule is O=c1cc(C2CCNCC2)n2ncc(-c3nnc(-c4ccco4)o3)c2[nH]1. The van der Waals surface area contributed by atoms with Crippen molar-refractivity contribution >= 4 is 5.65 Å². The Morgan fingerprint density at radius 3 is 2.85 bits per heavy atom. The van der Waals surface area contributed by atoms with E-state index in [4.69, 9.17) is 8.83 Å². The minimum absolute atomic E-state index is 0.168. The monoisotopic (exact) mass is 352 g/mol. The molecule has 0 unspecified atom stereocenters. The summed E-state index contributed by atoms with van der Waals surface area (Å²) < 4.78 is 12.7. The lowest BCUT2D eigenvalue weighted by molar-refractivity contribution is 0.446. The number of H-pyrrole nitrogens is 1. The predicted octanol–water partition coefficient (Wildman–Crippen LogP) is 1.80. The van der Waals surface area contributed by atoms with Crippen molar-refractivity contribution in [2.45, 2.75) is 18.8 Å². The summed E-state index contributed by atoms with van der Waals surface area (Å²) in [5, 5.41) is 15.9. The molecule has 0 aliphatic carbocycles. The number of aromatic nitrogens is 5. The molecule has 9 heteroatoms. The fraction of sp³-hybridized carbons (Fsp3) is 0.294. The molecular weight excluding hydrogens is 336 g/mol. The zero-order valence-corrected chi connectivity index (χ0v) is 13.8. The van der Waals surface area contributed by atoms with Gasteiger partial charge in [-0.25, -0.2) is 4.52 Å². The van der Waals surface area contributed by atoms with E-state index in [0.717, 1.165) is 31.6 Å². The van der Waals surface area contributed by atoms with Crippen LogP contribution in [0.25, 0.3) is 28.8 Å². The molecule has 0 aromatic carbocycles. The highest BCUT2D eigenvalue weighted by Gasteiger charge is 2.22. The molecule has 0 bridgehead atoms. The fourth-order valence-corrected chi connectivity index (χ4v) is 3.41. The van der Waals surface area contributed by atoms with Gasteiger partial charge < -0.3 is 19.1 Å². The number of nitrogens with one attached hydrogen (secondary N) is 2. The molecule has 4 aromatic heterocycles. The number of nitrogens with zero attached hydrogens (tertiary/aromatic N) is 4. The van der Waals surface area contributed by atoms with Crippen molar-refractivity contribution in [2.75, 3.05) is 13.1 Å². The van der Waals surface area contributed by atoms with Gasteiger partial charge >= 0.3 is 0 Å². The molecule has 1 saturated heterocycles. The van der Waals surface area contributed by atoms with E-state index in [0.29, 0.717) is 17.0 Å². The topological polar surface area (TPSA) is 114 Å². The number of fused-ring (bicyclic) bond motifs is 1. The van der Waals surface area contributed by atoms with Crippen LogP contribution in [-0.4, -0.2) is 37.9 Å². The molecule has 2 N–H and O–H groups in total. The summed E-state index contributed by atoms with van der Waals surface area (Å²) in [5.41, 5.74) is 1.88. The van der Waals surface area contributed by atoms with Gasteiger partial charge in [0.05, 0.1) is 18.2 Å². The van der Waals surface area contributed by atoms with Gasteiger partial charge in [0.25, 0.3) is 17.3 Å². The minimum atomic E-state index is -0.168. The van der Waals surface area contributed by atoms with Gasteiger partial charge in [-0.1, -0.05) is 0 Å². The first-order chi connectivity index (χ1) is 12.8. The number of rotatable bonds is 3. The van der Waals surface area contributed by atoms with Gasteiger partial charge in [0.2, 0.25) is 0 Å². The molecule has 0 amide bonds. The second-order valence-corrected chi connectivity index (χ2v) is 6.29. The Kier molecular flexibility index (Phi) is 3.45. The molecule has 1 fully saturated rings. The Labute approximate surface area is 147 Å². The lowest BCUT2D eigenvalue weighted by Gasteiger charge is -2.23. The molecule has 0 saturated carbocycles. The van der Waals surface area contributed by atoms with Gasteiger partial charge in [-0.15, -0.1) is 10.2 Å². The van der Waals surface area contributed by atoms with Crippen LogP contribution < -0.4 is 10.9 Å². The van der Waals surface area contributed by atoms with Crippen molar-refractivity contribution in [3.63, 3.8) is 0 Å². The maximum Gasteiger partial charge on any atom is 0.283 e. The third kappa shape index (κ3) is 2.44. The van der Waals surface area contributed by atoms with E-state index in [-0.39, 0.29) is 23.3 Å². The lowest BCUT2D eigenvalue weighted by Crippen LogP contribution is -2.28. The van der Waals surface area contributed by atoms with Gasteiger partial charge in [-0.2, -0.15) is 5.10 Å². The summed E-state index contributed by atoms with van der Waals surface area (Å²) in [5.74, 6) is 1.34. The van der Waals surface area contributed by atoms with E-state index in [2.05, 4.69) is 25.6 Å². The van der Waals surface area contributed by atoms with Crippen LogP contribution in [0.5, 0.6) is 0 Å². The average Bonchev–Trinajstić information content (AvgIpc) is 3.41. The number of furan rings is 1. The molecule has 0 atom stereocenters. The van der Waals surface area contributed by atoms with Crippen molar-refractivity contribution in [2.24, 2.45) is 0 Å². The Balaban J connectivity index is 1.61. The third-order valence-corrected chi connectivity index (χ3v) is 4.68. The van der Waals surface area contributed by atoms with Crippen LogP contribution in [0.4, 0.5) is 0 Å². The summed E-state index contributed by atoms with van der Waals surface area (Å²) in [6.45, 7) is 1.87. The first-order valence-corrected chi connectivity index (χ1v) is 8.49. The molecule has 4 aromatic rings. The summed E-state index contributed by atoms with van der Waals surface area (Å²) >= 11 is 0. The molecule has 132 valence electrons. The van der Waals surface area contributed by atoms with Crippen molar-refractivity contribution in [1.82, 2.24) is 30.1 Å². The Morgan fingerprint density at radius 2 is 2.04 bits per heavy atom. The summed E-state index contributed by atoms with van der Waals surface area (Å²) in [7, 11) is 0. The van der Waals surface area contributed by atoms with Gasteiger partial charge in [0.15, 0.2) is 5.76 Å². The molecule has 5 heterocycles. The van der Waals surface area contributed by atoms with Crippen LogP contribution in [0.15, 0.2) is 44.3 Å². The van der Waals surface area contributed by atoms with Crippen molar-refractivity contribution in [3.8, 4) is 23.1 Å². The second kappa shape index (κ2) is 5.95. The van der Waals surface area contributed by atoms with E-state index >= 15 is 0 Å². The van der Waals surface area contributed by atoms with Crippen LogP contribution in [0.3, 0.4) is 0 Å². The molecule has 0 spiro atoms. The molecule has 9 nitrogen and oxygen atoms in total. The van der Waals surface area contributed by atoms with Gasteiger partial charge in [-0.3, -0.25) is 4.79 Å². The Bertz CT molecular complexity index is 1100. The molecule has 26 heavy (non-hydrogen) atoms. The van der Waals surface area contributed by atoms with Crippen molar-refractivity contribution in [1.29, 1.82) is 0 Å². The Hall–Kier alpha value is -3.20. The summed E-state index contributed by atoms with van der Waals surface area (Å²) in [6, 6.07) is 5.11. The summed E-state index contributed by atoms with van der Waals surface area (Å²) in [4.78, 5) is 15.1. The predicted molar refractivity (Wildman–Crippen MR) is 91.7 cm³/mol. The zero-order chi connectivity index (χ0) is 17.5. The van der Waals surface area contributed by atoms with Crippen LogP contribution in [0, 0.1) is 0 Å². The summed E-state index contributed by atoms with van der Waals surface area (Å²) in [6.07, 6.45) is 5.11. The first-order valence-electron chi connectivity index (χ1n) is 8.49. The Morgan fingerprint density at radius 1 is 1.19 bits per heavy atom. The molecule has 1 aliphatic heterocycles. The lowest BCUT2D eigenvalue weighted by atomic mass is 9.94. The van der Waals surface area contributed by atoms with Crippen LogP contribution in [0.2, 0.25) is 0 Å². The van der Waals surface area contributed by atoms with Crippen LogP contribution in [0.1, 0.15) is 24.5 Å². The van der Waals surface area contributed by atoms with Crippen molar-refractivity contribution < 1.29 is 8.83 Å². The smallest absolute Gasteiger partial charge is 0.283 e. The largest absolute Gasteiger partial charge is 0.459 e. The fourth-order valence-electron chi connectivity index (χ4n) is 3.41. The van der Waals surface area contributed by atoms with Crippen LogP contribution >= 0.6 is 0 Å². The number of hydrogen-bond donors (Lipinski definition) is 2. The average molecular weight is 352 g/mol. The van der Waals surface area contributed by atoms with E-state index in [1.54, 1.807) is 28.9 Å². The second-order valence-electron chi connectivity index (χ2n) is 6.29. The quantitative estimate of drug-likeness (QED) is 0.578. The van der Waals surface area contributed by atoms with E-state index < -0.39 is 0 Å². The zero-order valence-electron chi connectivity index (χ0n) is 13.8. The maximum atomic E-state index is 12.2. The standard InChI is InChI=1S/C17H16N6O3/c24-14-8-12(10-3-5-18-6-4-10)23-15(20-14)11(9-19-23)16-21-22-17(26-16)13-2-1-7-25-13/h1-2,7-10,18H,3-6H2,(H,20,24).